The highest BCUT2D eigenvalue weighted by molar-refractivity contribution is 5.93. The maximum absolute atomic E-state index is 14.0. The van der Waals surface area contributed by atoms with E-state index in [2.05, 4.69) is 10.4 Å². The fourth-order valence-electron chi connectivity index (χ4n) is 4.97. The van der Waals surface area contributed by atoms with Gasteiger partial charge in [-0.2, -0.15) is 5.10 Å². The number of aromatic carboxylic acids is 1. The van der Waals surface area contributed by atoms with Gasteiger partial charge in [0.05, 0.1) is 35.7 Å². The van der Waals surface area contributed by atoms with Crippen LogP contribution in [0.1, 0.15) is 48.7 Å². The zero-order valence-corrected chi connectivity index (χ0v) is 21.7. The molecule has 1 aromatic heterocycles. The second kappa shape index (κ2) is 9.86. The molecular formula is C29H32FN3O4. The third kappa shape index (κ3) is 5.59. The minimum atomic E-state index is -1.13. The van der Waals surface area contributed by atoms with Crippen molar-refractivity contribution >= 4 is 22.6 Å². The van der Waals surface area contributed by atoms with E-state index in [-0.39, 0.29) is 17.9 Å². The molecule has 4 aromatic rings. The molecule has 0 saturated heterocycles. The Kier molecular flexibility index (Phi) is 6.97. The quantitative estimate of drug-likeness (QED) is 0.270. The molecule has 37 heavy (non-hydrogen) atoms. The summed E-state index contributed by atoms with van der Waals surface area (Å²) in [6.45, 7) is 7.92. The van der Waals surface area contributed by atoms with Crippen molar-refractivity contribution in [3.05, 3.63) is 83.3 Å². The molecule has 0 radical (unpaired) electrons. The number of carboxylic acid groups (broad SMARTS) is 1. The Hall–Kier alpha value is -3.91. The highest BCUT2D eigenvalue weighted by Gasteiger charge is 2.34. The number of hydrogen-bond acceptors (Lipinski definition) is 5. The maximum Gasteiger partial charge on any atom is 0.335 e. The van der Waals surface area contributed by atoms with Gasteiger partial charge in [-0.1, -0.05) is 13.8 Å². The summed E-state index contributed by atoms with van der Waals surface area (Å²) >= 11 is 0. The maximum atomic E-state index is 14.0. The van der Waals surface area contributed by atoms with Crippen molar-refractivity contribution < 1.29 is 24.1 Å². The number of fused-ring (bicyclic) bond motifs is 1. The molecular weight excluding hydrogens is 473 g/mol. The lowest BCUT2D eigenvalue weighted by molar-refractivity contribution is 0.0436. The Morgan fingerprint density at radius 3 is 2.46 bits per heavy atom. The van der Waals surface area contributed by atoms with Gasteiger partial charge < -0.3 is 20.3 Å². The number of hydrogen-bond donors (Lipinski definition) is 3. The highest BCUT2D eigenvalue weighted by atomic mass is 19.1. The lowest BCUT2D eigenvalue weighted by Crippen LogP contribution is -2.40. The summed E-state index contributed by atoms with van der Waals surface area (Å²) in [6, 6.07) is 15.0. The van der Waals surface area contributed by atoms with Gasteiger partial charge in [-0.25, -0.2) is 13.9 Å². The van der Waals surface area contributed by atoms with Crippen molar-refractivity contribution in [3.63, 3.8) is 0 Å². The molecule has 0 aliphatic rings. The van der Waals surface area contributed by atoms with Crippen molar-refractivity contribution in [2.75, 3.05) is 19.0 Å². The van der Waals surface area contributed by atoms with E-state index in [1.54, 1.807) is 55.2 Å². The van der Waals surface area contributed by atoms with Crippen LogP contribution in [0, 0.1) is 12.7 Å². The average molecular weight is 506 g/mol. The van der Waals surface area contributed by atoms with E-state index in [0.717, 1.165) is 27.8 Å². The van der Waals surface area contributed by atoms with Gasteiger partial charge >= 0.3 is 5.97 Å². The van der Waals surface area contributed by atoms with Crippen LogP contribution in [0.15, 0.2) is 60.8 Å². The standard InChI is InChI=1S/C29H32FN3O4/c1-18-12-24(22-15-32-33(25(22)13-18)21-9-6-19(7-10-21)27(34)35)31-17-29(4,36)16-28(2,3)23-14-20(30)8-11-26(23)37-5/h6-15,31,36H,16-17H2,1-5H3,(H,34,35). The number of aryl methyl sites for hydroxylation is 1. The number of anilines is 1. The summed E-state index contributed by atoms with van der Waals surface area (Å²) in [7, 11) is 1.55. The zero-order chi connectivity index (χ0) is 27.0. The molecule has 8 heteroatoms. The number of aliphatic hydroxyl groups is 1. The van der Waals surface area contributed by atoms with E-state index in [1.165, 1.54) is 12.1 Å². The molecule has 0 saturated carbocycles. The van der Waals surface area contributed by atoms with Gasteiger partial charge in [0.1, 0.15) is 11.6 Å². The molecule has 3 aromatic carbocycles. The largest absolute Gasteiger partial charge is 0.496 e. The monoisotopic (exact) mass is 505 g/mol. The Morgan fingerprint density at radius 2 is 1.81 bits per heavy atom. The number of carbonyl (C=O) groups is 1. The number of rotatable bonds is 9. The van der Waals surface area contributed by atoms with Gasteiger partial charge in [-0.05, 0) is 85.8 Å². The Morgan fingerprint density at radius 1 is 1.11 bits per heavy atom. The first-order chi connectivity index (χ1) is 17.4. The minimum absolute atomic E-state index is 0.208. The molecule has 0 bridgehead atoms. The number of carboxylic acids is 1. The van der Waals surface area contributed by atoms with E-state index in [4.69, 9.17) is 4.74 Å². The predicted molar refractivity (Wildman–Crippen MR) is 142 cm³/mol. The first-order valence-corrected chi connectivity index (χ1v) is 12.0. The van der Waals surface area contributed by atoms with E-state index in [0.29, 0.717) is 17.7 Å². The second-order valence-corrected chi connectivity index (χ2v) is 10.4. The lowest BCUT2D eigenvalue weighted by Gasteiger charge is -2.35. The molecule has 1 unspecified atom stereocenters. The summed E-state index contributed by atoms with van der Waals surface area (Å²) in [4.78, 5) is 11.2. The molecule has 0 spiro atoms. The predicted octanol–water partition coefficient (Wildman–Crippen LogP) is 5.71. The zero-order valence-electron chi connectivity index (χ0n) is 21.7. The number of ether oxygens (including phenoxy) is 1. The van der Waals surface area contributed by atoms with E-state index < -0.39 is 17.0 Å². The molecule has 4 rings (SSSR count). The number of nitrogens with zero attached hydrogens (tertiary/aromatic N) is 2. The van der Waals surface area contributed by atoms with Gasteiger partial charge in [-0.15, -0.1) is 0 Å². The van der Waals surface area contributed by atoms with Crippen molar-refractivity contribution in [1.82, 2.24) is 9.78 Å². The topological polar surface area (TPSA) is 96.6 Å². The fourth-order valence-corrected chi connectivity index (χ4v) is 4.97. The van der Waals surface area contributed by atoms with Crippen molar-refractivity contribution in [1.29, 1.82) is 0 Å². The molecule has 1 heterocycles. The van der Waals surface area contributed by atoms with E-state index in [9.17, 15) is 19.4 Å². The van der Waals surface area contributed by atoms with Crippen LogP contribution in [-0.4, -0.2) is 45.2 Å². The summed E-state index contributed by atoms with van der Waals surface area (Å²) in [5.74, 6) is -0.747. The second-order valence-electron chi connectivity index (χ2n) is 10.4. The van der Waals surface area contributed by atoms with Gasteiger partial charge in [0.2, 0.25) is 0 Å². The summed E-state index contributed by atoms with van der Waals surface area (Å²) < 4.78 is 21.2. The van der Waals surface area contributed by atoms with Crippen molar-refractivity contribution in [3.8, 4) is 11.4 Å². The molecule has 1 atom stereocenters. The summed E-state index contributed by atoms with van der Waals surface area (Å²) in [6.07, 6.45) is 2.11. The molecule has 194 valence electrons. The minimum Gasteiger partial charge on any atom is -0.496 e. The number of aromatic nitrogens is 2. The smallest absolute Gasteiger partial charge is 0.335 e. The summed E-state index contributed by atoms with van der Waals surface area (Å²) in [5, 5.41) is 29.3. The van der Waals surface area contributed by atoms with Crippen LogP contribution in [-0.2, 0) is 5.41 Å². The van der Waals surface area contributed by atoms with Crippen molar-refractivity contribution in [2.45, 2.75) is 45.1 Å². The van der Waals surface area contributed by atoms with Crippen LogP contribution in [0.4, 0.5) is 10.1 Å². The van der Waals surface area contributed by atoms with Crippen LogP contribution < -0.4 is 10.1 Å². The molecule has 0 aliphatic heterocycles. The Bertz CT molecular complexity index is 1440. The first-order valence-electron chi connectivity index (χ1n) is 12.0. The fraction of sp³-hybridized carbons (Fsp3) is 0.310. The highest BCUT2D eigenvalue weighted by Crippen LogP contribution is 2.38. The van der Waals surface area contributed by atoms with E-state index >= 15 is 0 Å². The average Bonchev–Trinajstić information content (AvgIpc) is 3.25. The van der Waals surface area contributed by atoms with E-state index in [1.807, 2.05) is 32.9 Å². The van der Waals surface area contributed by atoms with Crippen LogP contribution in [0.25, 0.3) is 16.6 Å². The number of halogens is 1. The normalized spacial score (nSPS) is 13.4. The molecule has 3 N–H and O–H groups in total. The van der Waals surface area contributed by atoms with Gasteiger partial charge in [0, 0.05) is 23.2 Å². The number of nitrogens with one attached hydrogen (secondary N) is 1. The van der Waals surface area contributed by atoms with Crippen LogP contribution in [0.2, 0.25) is 0 Å². The third-order valence-corrected chi connectivity index (χ3v) is 6.56. The SMILES string of the molecule is COc1ccc(F)cc1C(C)(C)CC(C)(O)CNc1cc(C)cc2c1cnn2-c1ccc(C(=O)O)cc1. The first kappa shape index (κ1) is 26.2. The molecule has 0 amide bonds. The third-order valence-electron chi connectivity index (χ3n) is 6.56. The number of benzene rings is 3. The lowest BCUT2D eigenvalue weighted by atomic mass is 9.75. The van der Waals surface area contributed by atoms with Gasteiger partial charge in [0.25, 0.3) is 0 Å². The van der Waals surface area contributed by atoms with Crippen molar-refractivity contribution in [2.24, 2.45) is 0 Å². The Balaban J connectivity index is 1.58. The van der Waals surface area contributed by atoms with Gasteiger partial charge in [0.15, 0.2) is 0 Å². The summed E-state index contributed by atoms with van der Waals surface area (Å²) in [5.41, 5.74) is 2.65. The number of methoxy groups -OCH3 is 1. The molecule has 0 fully saturated rings. The Labute approximate surface area is 215 Å². The van der Waals surface area contributed by atoms with Gasteiger partial charge in [-0.3, -0.25) is 0 Å². The van der Waals surface area contributed by atoms with Crippen LogP contribution in [0.3, 0.4) is 0 Å². The molecule has 0 aliphatic carbocycles. The van der Waals surface area contributed by atoms with Crippen LogP contribution in [0.5, 0.6) is 5.75 Å². The molecule has 7 nitrogen and oxygen atoms in total. The van der Waals surface area contributed by atoms with Crippen LogP contribution >= 0.6 is 0 Å².